The van der Waals surface area contributed by atoms with Gasteiger partial charge in [-0.15, -0.1) is 24.0 Å². The number of guanidine groups is 1. The van der Waals surface area contributed by atoms with E-state index in [9.17, 15) is 0 Å². The van der Waals surface area contributed by atoms with E-state index in [4.69, 9.17) is 4.74 Å². The van der Waals surface area contributed by atoms with E-state index >= 15 is 0 Å². The first-order valence-electron chi connectivity index (χ1n) is 9.97. The first-order chi connectivity index (χ1) is 13.5. The molecule has 0 aliphatic heterocycles. The summed E-state index contributed by atoms with van der Waals surface area (Å²) in [5.41, 5.74) is 3.54. The summed E-state index contributed by atoms with van der Waals surface area (Å²) in [4.78, 5) is 8.91. The third-order valence-corrected chi connectivity index (χ3v) is 5.60. The van der Waals surface area contributed by atoms with Crippen LogP contribution in [-0.4, -0.2) is 48.0 Å². The van der Waals surface area contributed by atoms with Crippen molar-refractivity contribution in [2.45, 2.75) is 46.1 Å². The van der Waals surface area contributed by atoms with Gasteiger partial charge in [-0.2, -0.15) is 5.10 Å². The Kier molecular flexibility index (Phi) is 8.88. The Balaban J connectivity index is 0.00000300. The highest BCUT2D eigenvalue weighted by atomic mass is 127. The van der Waals surface area contributed by atoms with Gasteiger partial charge in [0.1, 0.15) is 0 Å². The maximum Gasteiger partial charge on any atom is 0.191 e. The summed E-state index contributed by atoms with van der Waals surface area (Å²) in [6.45, 7) is 6.46. The molecule has 0 spiro atoms. The van der Waals surface area contributed by atoms with Gasteiger partial charge in [-0.3, -0.25) is 4.99 Å². The van der Waals surface area contributed by atoms with Gasteiger partial charge in [0.2, 0.25) is 0 Å². The van der Waals surface area contributed by atoms with Gasteiger partial charge in [0.05, 0.1) is 5.69 Å². The molecule has 1 saturated carbocycles. The van der Waals surface area contributed by atoms with E-state index in [1.165, 1.54) is 19.3 Å². The summed E-state index contributed by atoms with van der Waals surface area (Å²) < 4.78 is 7.14. The van der Waals surface area contributed by atoms with Gasteiger partial charge in [0.25, 0.3) is 0 Å². The first-order valence-corrected chi connectivity index (χ1v) is 9.97. The highest BCUT2D eigenvalue weighted by molar-refractivity contribution is 14.0. The number of nitrogens with zero attached hydrogens (tertiary/aromatic N) is 4. The molecule has 0 radical (unpaired) electrons. The molecule has 3 rings (SSSR count). The molecule has 2 N–H and O–H groups in total. The second-order valence-electron chi connectivity index (χ2n) is 7.74. The number of rotatable bonds is 8. The lowest BCUT2D eigenvalue weighted by molar-refractivity contribution is 0.0732. The quantitative estimate of drug-likeness (QED) is 0.322. The van der Waals surface area contributed by atoms with Crippen LogP contribution in [0, 0.1) is 19.3 Å². The molecule has 0 bridgehead atoms. The van der Waals surface area contributed by atoms with E-state index in [2.05, 4.69) is 31.8 Å². The zero-order chi connectivity index (χ0) is 20.0. The van der Waals surface area contributed by atoms with Gasteiger partial charge in [0.15, 0.2) is 11.8 Å². The maximum absolute atomic E-state index is 5.28. The van der Waals surface area contributed by atoms with Gasteiger partial charge in [-0.05, 0) is 56.2 Å². The molecule has 1 aliphatic rings. The zero-order valence-electron chi connectivity index (χ0n) is 17.9. The SMILES string of the molecule is CN=C(NCc1ccc(-n2nc(C)cc2C)nc1)NCC1(CCOC)CCC1.I. The standard InChI is InChI=1S/C21H32N6O.HI/c1-16-12-17(2)27(26-16)19-7-6-18(13-23-19)14-24-20(22-3)25-15-21(8-5-9-21)10-11-28-4;/h6-7,12-13H,5,8-11,14-15H2,1-4H3,(H2,22,24,25);1H. The maximum atomic E-state index is 5.28. The van der Waals surface area contributed by atoms with Crippen molar-refractivity contribution in [3.63, 3.8) is 0 Å². The van der Waals surface area contributed by atoms with Crippen LogP contribution in [0.3, 0.4) is 0 Å². The van der Waals surface area contributed by atoms with Crippen LogP contribution in [0.4, 0.5) is 0 Å². The number of ether oxygens (including phenoxy) is 1. The molecule has 0 unspecified atom stereocenters. The van der Waals surface area contributed by atoms with Crippen LogP contribution in [0.2, 0.25) is 0 Å². The lowest BCUT2D eigenvalue weighted by atomic mass is 9.67. The highest BCUT2D eigenvalue weighted by Crippen LogP contribution is 2.43. The van der Waals surface area contributed by atoms with Crippen LogP contribution < -0.4 is 10.6 Å². The third-order valence-electron chi connectivity index (χ3n) is 5.60. The molecular weight excluding hydrogens is 479 g/mol. The third kappa shape index (κ3) is 6.15. The second kappa shape index (κ2) is 10.9. The summed E-state index contributed by atoms with van der Waals surface area (Å²) in [5, 5.41) is 11.4. The lowest BCUT2D eigenvalue weighted by Crippen LogP contribution is -2.46. The highest BCUT2D eigenvalue weighted by Gasteiger charge is 2.36. The average Bonchev–Trinajstić information content (AvgIpc) is 3.01. The molecule has 160 valence electrons. The number of hydrogen-bond donors (Lipinski definition) is 2. The number of nitrogens with one attached hydrogen (secondary N) is 2. The number of halogens is 1. The van der Waals surface area contributed by atoms with Gasteiger partial charge >= 0.3 is 0 Å². The summed E-state index contributed by atoms with van der Waals surface area (Å²) >= 11 is 0. The van der Waals surface area contributed by atoms with E-state index in [1.807, 2.05) is 43.9 Å². The van der Waals surface area contributed by atoms with Gasteiger partial charge in [0, 0.05) is 45.7 Å². The van der Waals surface area contributed by atoms with E-state index < -0.39 is 0 Å². The summed E-state index contributed by atoms with van der Waals surface area (Å²) in [6, 6.07) is 6.13. The van der Waals surface area contributed by atoms with Crippen molar-refractivity contribution < 1.29 is 4.74 Å². The van der Waals surface area contributed by atoms with Gasteiger partial charge in [-0.1, -0.05) is 12.5 Å². The minimum atomic E-state index is 0. The molecule has 0 saturated heterocycles. The number of methoxy groups -OCH3 is 1. The Morgan fingerprint density at radius 2 is 2.07 bits per heavy atom. The van der Waals surface area contributed by atoms with Crippen LogP contribution in [0.25, 0.3) is 5.82 Å². The molecule has 0 aromatic carbocycles. The molecule has 7 nitrogen and oxygen atoms in total. The number of hydrogen-bond acceptors (Lipinski definition) is 4. The van der Waals surface area contributed by atoms with Crippen molar-refractivity contribution in [1.29, 1.82) is 0 Å². The normalized spacial score (nSPS) is 15.4. The smallest absolute Gasteiger partial charge is 0.191 e. The molecule has 2 aromatic heterocycles. The minimum Gasteiger partial charge on any atom is -0.385 e. The molecule has 0 atom stereocenters. The predicted octanol–water partition coefficient (Wildman–Crippen LogP) is 3.37. The number of aromatic nitrogens is 3. The molecule has 1 aliphatic carbocycles. The topological polar surface area (TPSA) is 76.4 Å². The summed E-state index contributed by atoms with van der Waals surface area (Å²) in [6.07, 6.45) is 6.82. The van der Waals surface area contributed by atoms with E-state index in [-0.39, 0.29) is 24.0 Å². The number of aryl methyl sites for hydroxylation is 2. The summed E-state index contributed by atoms with van der Waals surface area (Å²) in [7, 11) is 3.58. The van der Waals surface area contributed by atoms with Crippen molar-refractivity contribution in [2.75, 3.05) is 27.3 Å². The van der Waals surface area contributed by atoms with Crippen molar-refractivity contribution in [2.24, 2.45) is 10.4 Å². The Bertz CT molecular complexity index is 798. The Morgan fingerprint density at radius 3 is 2.59 bits per heavy atom. The summed E-state index contributed by atoms with van der Waals surface area (Å²) in [5.74, 6) is 1.66. The van der Waals surface area contributed by atoms with Crippen molar-refractivity contribution in [3.05, 3.63) is 41.3 Å². The Hall–Kier alpha value is -1.68. The molecule has 8 heteroatoms. The first kappa shape index (κ1) is 23.6. The zero-order valence-corrected chi connectivity index (χ0v) is 20.2. The van der Waals surface area contributed by atoms with Crippen molar-refractivity contribution >= 4 is 29.9 Å². The van der Waals surface area contributed by atoms with E-state index in [1.54, 1.807) is 7.11 Å². The monoisotopic (exact) mass is 512 g/mol. The van der Waals surface area contributed by atoms with Gasteiger partial charge < -0.3 is 15.4 Å². The molecule has 29 heavy (non-hydrogen) atoms. The predicted molar refractivity (Wildman–Crippen MR) is 127 cm³/mol. The number of pyridine rings is 1. The average molecular weight is 512 g/mol. The fourth-order valence-electron chi connectivity index (χ4n) is 3.70. The Morgan fingerprint density at radius 1 is 1.28 bits per heavy atom. The van der Waals surface area contributed by atoms with E-state index in [0.29, 0.717) is 12.0 Å². The molecule has 2 heterocycles. The van der Waals surface area contributed by atoms with Gasteiger partial charge in [-0.25, -0.2) is 9.67 Å². The van der Waals surface area contributed by atoms with Crippen LogP contribution in [0.1, 0.15) is 42.6 Å². The molecule has 0 amide bonds. The van der Waals surface area contributed by atoms with Crippen LogP contribution >= 0.6 is 24.0 Å². The lowest BCUT2D eigenvalue weighted by Gasteiger charge is -2.42. The van der Waals surface area contributed by atoms with Crippen molar-refractivity contribution in [1.82, 2.24) is 25.4 Å². The second-order valence-corrected chi connectivity index (χ2v) is 7.74. The van der Waals surface area contributed by atoms with Crippen LogP contribution in [0.5, 0.6) is 0 Å². The van der Waals surface area contributed by atoms with Crippen molar-refractivity contribution in [3.8, 4) is 5.82 Å². The number of aliphatic imine (C=N–C) groups is 1. The molecular formula is C21H33IN6O. The largest absolute Gasteiger partial charge is 0.385 e. The fraction of sp³-hybridized carbons (Fsp3) is 0.571. The van der Waals surface area contributed by atoms with Crippen LogP contribution in [0.15, 0.2) is 29.4 Å². The fourth-order valence-corrected chi connectivity index (χ4v) is 3.70. The molecule has 2 aromatic rings. The minimum absolute atomic E-state index is 0. The van der Waals surface area contributed by atoms with E-state index in [0.717, 1.165) is 48.3 Å². The molecule has 1 fully saturated rings. The Labute approximate surface area is 190 Å². The van der Waals surface area contributed by atoms with Crippen LogP contribution in [-0.2, 0) is 11.3 Å².